The molecule has 164 valence electrons. The largest absolute Gasteiger partial charge is 0.432 e. The van der Waals surface area contributed by atoms with Crippen LogP contribution in [0.1, 0.15) is 25.5 Å². The second kappa shape index (κ2) is 8.55. The van der Waals surface area contributed by atoms with Crippen LogP contribution in [0.2, 0.25) is 0 Å². The summed E-state index contributed by atoms with van der Waals surface area (Å²) >= 11 is 0. The summed E-state index contributed by atoms with van der Waals surface area (Å²) in [5.41, 5.74) is 3.81. The fourth-order valence-corrected chi connectivity index (χ4v) is 4.38. The van der Waals surface area contributed by atoms with Crippen molar-refractivity contribution in [1.29, 1.82) is 0 Å². The predicted octanol–water partition coefficient (Wildman–Crippen LogP) is 3.40. The molecule has 4 aromatic rings. The number of allylic oxidation sites excluding steroid dienone is 2. The molecule has 0 unspecified atom stereocenters. The van der Waals surface area contributed by atoms with Crippen molar-refractivity contribution in [2.75, 3.05) is 26.7 Å². The van der Waals surface area contributed by atoms with Gasteiger partial charge in [-0.15, -0.1) is 0 Å². The van der Waals surface area contributed by atoms with E-state index in [1.165, 1.54) is 12.8 Å². The molecule has 1 aliphatic heterocycles. The number of hydrogen-bond acceptors (Lipinski definition) is 6. The molecular weight excluding hydrogens is 404 g/mol. The first-order chi connectivity index (χ1) is 15.7. The third kappa shape index (κ3) is 3.56. The topological polar surface area (TPSA) is 80.9 Å². The van der Waals surface area contributed by atoms with Crippen molar-refractivity contribution < 1.29 is 4.42 Å². The van der Waals surface area contributed by atoms with Crippen LogP contribution < -0.4 is 5.56 Å². The summed E-state index contributed by atoms with van der Waals surface area (Å²) in [6.07, 6.45) is 11.4. The first kappa shape index (κ1) is 20.4. The molecule has 0 bridgehead atoms. The third-order valence-electron chi connectivity index (χ3n) is 6.02. The van der Waals surface area contributed by atoms with Crippen molar-refractivity contribution in [3.8, 4) is 11.3 Å². The Morgan fingerprint density at radius 1 is 1.25 bits per heavy atom. The van der Waals surface area contributed by atoms with E-state index in [1.807, 2.05) is 47.9 Å². The minimum Gasteiger partial charge on any atom is -0.432 e. The van der Waals surface area contributed by atoms with E-state index >= 15 is 0 Å². The normalized spacial score (nSPS) is 15.6. The average molecular weight is 431 g/mol. The molecule has 4 heterocycles. The molecule has 0 spiro atoms. The Balaban J connectivity index is 1.60. The number of imidazole rings is 1. The van der Waals surface area contributed by atoms with Crippen LogP contribution in [0.25, 0.3) is 28.0 Å². The second-order valence-corrected chi connectivity index (χ2v) is 8.00. The van der Waals surface area contributed by atoms with Gasteiger partial charge in [-0.25, -0.2) is 4.98 Å². The summed E-state index contributed by atoms with van der Waals surface area (Å²) < 4.78 is 9.13. The Hall–Kier alpha value is -3.52. The first-order valence-corrected chi connectivity index (χ1v) is 11.0. The summed E-state index contributed by atoms with van der Waals surface area (Å²) in [5, 5.41) is 0.594. The van der Waals surface area contributed by atoms with E-state index in [2.05, 4.69) is 19.9 Å². The smallest absolute Gasteiger partial charge is 0.306 e. The van der Waals surface area contributed by atoms with Gasteiger partial charge in [-0.2, -0.15) is 4.98 Å². The van der Waals surface area contributed by atoms with E-state index in [-0.39, 0.29) is 5.56 Å². The zero-order valence-electron chi connectivity index (χ0n) is 18.4. The van der Waals surface area contributed by atoms with E-state index in [9.17, 15) is 4.79 Å². The maximum atomic E-state index is 13.3. The molecule has 0 radical (unpaired) electrons. The molecule has 0 N–H and O–H groups in total. The van der Waals surface area contributed by atoms with Crippen LogP contribution in [0.5, 0.6) is 0 Å². The van der Waals surface area contributed by atoms with Gasteiger partial charge in [0.1, 0.15) is 12.0 Å². The number of aliphatic imine (C=N–C) groups is 1. The Kier molecular flexibility index (Phi) is 5.45. The zero-order valence-corrected chi connectivity index (χ0v) is 18.4. The maximum absolute atomic E-state index is 13.3. The van der Waals surface area contributed by atoms with Gasteiger partial charge in [-0.05, 0) is 51.1 Å². The highest BCUT2D eigenvalue weighted by Gasteiger charge is 2.20. The van der Waals surface area contributed by atoms with Crippen LogP contribution in [0.4, 0.5) is 0 Å². The van der Waals surface area contributed by atoms with Gasteiger partial charge in [0.05, 0.1) is 28.6 Å². The standard InChI is InChI=1S/C24H26N6O2/c1-3-6-20(25-2)21-22(30-13-14-32-24(30)27-21)17-7-8-19-18(15-17)23(31)29(16-26-19)12-11-28-9-4-5-10-28/h3,6-8,13-16H,4-5,9-12H2,1-2H3/b6-3-,25-20+. The predicted molar refractivity (Wildman–Crippen MR) is 125 cm³/mol. The van der Waals surface area contributed by atoms with Crippen molar-refractivity contribution in [3.63, 3.8) is 0 Å². The van der Waals surface area contributed by atoms with E-state index in [0.29, 0.717) is 29.0 Å². The van der Waals surface area contributed by atoms with Crippen LogP contribution in [0, 0.1) is 0 Å². The Labute approximate surface area is 185 Å². The number of oxazole rings is 1. The van der Waals surface area contributed by atoms with E-state index in [4.69, 9.17) is 4.42 Å². The summed E-state index contributed by atoms with van der Waals surface area (Å²) in [5.74, 6) is 0.481. The van der Waals surface area contributed by atoms with Crippen molar-refractivity contribution in [2.45, 2.75) is 26.3 Å². The molecule has 32 heavy (non-hydrogen) atoms. The van der Waals surface area contributed by atoms with Gasteiger partial charge in [0.2, 0.25) is 0 Å². The zero-order chi connectivity index (χ0) is 22.1. The Bertz CT molecular complexity index is 1380. The molecule has 0 saturated carbocycles. The summed E-state index contributed by atoms with van der Waals surface area (Å²) in [6, 6.07) is 5.75. The molecule has 1 fully saturated rings. The number of likely N-dealkylation sites (tertiary alicyclic amines) is 1. The molecule has 8 nitrogen and oxygen atoms in total. The number of rotatable bonds is 6. The monoisotopic (exact) mass is 430 g/mol. The van der Waals surface area contributed by atoms with Crippen LogP contribution in [0.3, 0.4) is 0 Å². The molecule has 3 aromatic heterocycles. The van der Waals surface area contributed by atoms with Crippen LogP contribution >= 0.6 is 0 Å². The Morgan fingerprint density at radius 2 is 2.09 bits per heavy atom. The molecule has 0 aliphatic carbocycles. The summed E-state index contributed by atoms with van der Waals surface area (Å²) in [7, 11) is 1.74. The van der Waals surface area contributed by atoms with Crippen LogP contribution in [-0.4, -0.2) is 56.2 Å². The fraction of sp³-hybridized carbons (Fsp3) is 0.333. The van der Waals surface area contributed by atoms with Crippen molar-refractivity contribution in [3.05, 3.63) is 65.2 Å². The van der Waals surface area contributed by atoms with Gasteiger partial charge in [0.25, 0.3) is 5.56 Å². The molecular formula is C24H26N6O2. The molecule has 1 aliphatic rings. The average Bonchev–Trinajstić information content (AvgIpc) is 3.55. The number of aromatic nitrogens is 4. The fourth-order valence-electron chi connectivity index (χ4n) is 4.38. The summed E-state index contributed by atoms with van der Waals surface area (Å²) in [6.45, 7) is 5.67. The molecule has 0 amide bonds. The molecule has 1 aromatic carbocycles. The van der Waals surface area contributed by atoms with Gasteiger partial charge in [-0.3, -0.25) is 18.8 Å². The van der Waals surface area contributed by atoms with Crippen molar-refractivity contribution in [1.82, 2.24) is 23.8 Å². The maximum Gasteiger partial charge on any atom is 0.306 e. The number of nitrogens with zero attached hydrogens (tertiary/aromatic N) is 6. The summed E-state index contributed by atoms with van der Waals surface area (Å²) in [4.78, 5) is 29.2. The molecule has 0 atom stereocenters. The second-order valence-electron chi connectivity index (χ2n) is 8.00. The first-order valence-electron chi connectivity index (χ1n) is 11.0. The lowest BCUT2D eigenvalue weighted by Gasteiger charge is -2.15. The van der Waals surface area contributed by atoms with Crippen molar-refractivity contribution >= 4 is 22.5 Å². The highest BCUT2D eigenvalue weighted by Crippen LogP contribution is 2.28. The van der Waals surface area contributed by atoms with Gasteiger partial charge in [-0.1, -0.05) is 12.1 Å². The van der Waals surface area contributed by atoms with Gasteiger partial charge < -0.3 is 9.32 Å². The van der Waals surface area contributed by atoms with Gasteiger partial charge in [0.15, 0.2) is 0 Å². The number of benzene rings is 1. The van der Waals surface area contributed by atoms with E-state index < -0.39 is 0 Å². The van der Waals surface area contributed by atoms with Crippen LogP contribution in [-0.2, 0) is 6.54 Å². The van der Waals surface area contributed by atoms with E-state index in [0.717, 1.165) is 36.6 Å². The lowest BCUT2D eigenvalue weighted by Crippen LogP contribution is -2.29. The number of hydrogen-bond donors (Lipinski definition) is 0. The van der Waals surface area contributed by atoms with Gasteiger partial charge in [0, 0.05) is 31.9 Å². The van der Waals surface area contributed by atoms with Crippen LogP contribution in [0.15, 0.2) is 63.3 Å². The SMILES string of the molecule is C/C=C\C(=N/C)c1nc2occn2c1-c1ccc2ncn(CCN3CCCC3)c(=O)c2c1. The number of fused-ring (bicyclic) bond motifs is 2. The highest BCUT2D eigenvalue weighted by atomic mass is 16.3. The molecule has 1 saturated heterocycles. The minimum absolute atomic E-state index is 0.0246. The highest BCUT2D eigenvalue weighted by molar-refractivity contribution is 6.11. The lowest BCUT2D eigenvalue weighted by atomic mass is 10.0. The van der Waals surface area contributed by atoms with Crippen molar-refractivity contribution in [2.24, 2.45) is 4.99 Å². The molecule has 5 rings (SSSR count). The third-order valence-corrected chi connectivity index (χ3v) is 6.02. The minimum atomic E-state index is -0.0246. The lowest BCUT2D eigenvalue weighted by molar-refractivity contribution is 0.320. The Morgan fingerprint density at radius 3 is 2.88 bits per heavy atom. The quantitative estimate of drug-likeness (QED) is 0.438. The van der Waals surface area contributed by atoms with E-state index in [1.54, 1.807) is 24.2 Å². The van der Waals surface area contributed by atoms with Gasteiger partial charge >= 0.3 is 5.84 Å². The molecule has 8 heteroatoms.